The van der Waals surface area contributed by atoms with Crippen molar-refractivity contribution >= 4 is 23.2 Å². The molecule has 190 valence electrons. The molecule has 1 atom stereocenters. The second-order valence-electron chi connectivity index (χ2n) is 10.2. The van der Waals surface area contributed by atoms with E-state index in [2.05, 4.69) is 31.0 Å². The molecule has 1 heterocycles. The van der Waals surface area contributed by atoms with Crippen molar-refractivity contribution in [3.8, 4) is 5.75 Å². The standard InChI is InChI=1S/C24H36F2N4O4/c1-24(2,3)15-29(13-16-5-4-6-16)19(12-27)22(32)28-18-8-7-17(11-20(18)34-23(25)26)30-9-10-33-14-21(30)31/h7-8,11,16,19,23H,4-6,9-10,12-15,27H2,1-3H3,(H,28,32)/t19-/m0/s1. The Morgan fingerprint density at radius 1 is 1.35 bits per heavy atom. The number of carbonyl (C=O) groups excluding carboxylic acids is 2. The lowest BCUT2D eigenvalue weighted by molar-refractivity contribution is -0.125. The number of alkyl halides is 2. The maximum atomic E-state index is 13.3. The topological polar surface area (TPSA) is 97.1 Å². The Morgan fingerprint density at radius 3 is 2.65 bits per heavy atom. The fraction of sp³-hybridized carbons (Fsp3) is 0.667. The quantitative estimate of drug-likeness (QED) is 0.532. The smallest absolute Gasteiger partial charge is 0.387 e. The first kappa shape index (κ1) is 26.3. The lowest BCUT2D eigenvalue weighted by Crippen LogP contribution is -2.53. The van der Waals surface area contributed by atoms with Gasteiger partial charge in [0.05, 0.1) is 12.3 Å². The SMILES string of the molecule is CC(C)(C)CN(CC1CCC1)[C@@H](CN)C(=O)Nc1ccc(N2CCOCC2=O)cc1OC(F)F. The van der Waals surface area contributed by atoms with E-state index < -0.39 is 12.7 Å². The third kappa shape index (κ3) is 7.10. The van der Waals surface area contributed by atoms with Crippen molar-refractivity contribution in [2.24, 2.45) is 17.1 Å². The van der Waals surface area contributed by atoms with Crippen molar-refractivity contribution in [1.82, 2.24) is 4.90 Å². The number of morpholine rings is 1. The summed E-state index contributed by atoms with van der Waals surface area (Å²) in [7, 11) is 0. The van der Waals surface area contributed by atoms with Gasteiger partial charge in [-0.25, -0.2) is 0 Å². The normalized spacial score (nSPS) is 18.2. The van der Waals surface area contributed by atoms with Crippen LogP contribution in [0.2, 0.25) is 0 Å². The van der Waals surface area contributed by atoms with Crippen LogP contribution in [0, 0.1) is 11.3 Å². The van der Waals surface area contributed by atoms with E-state index in [1.807, 2.05) is 0 Å². The molecule has 0 spiro atoms. The third-order valence-electron chi connectivity index (χ3n) is 6.10. The second-order valence-corrected chi connectivity index (χ2v) is 10.2. The minimum Gasteiger partial charge on any atom is -0.433 e. The summed E-state index contributed by atoms with van der Waals surface area (Å²) in [4.78, 5) is 29.0. The van der Waals surface area contributed by atoms with Gasteiger partial charge in [-0.1, -0.05) is 27.2 Å². The molecule has 3 N–H and O–H groups in total. The molecule has 34 heavy (non-hydrogen) atoms. The number of nitrogens with zero attached hydrogens (tertiary/aromatic N) is 2. The highest BCUT2D eigenvalue weighted by atomic mass is 19.3. The number of nitrogens with one attached hydrogen (secondary N) is 1. The molecule has 1 aromatic carbocycles. The van der Waals surface area contributed by atoms with Crippen LogP contribution in [0.25, 0.3) is 0 Å². The lowest BCUT2D eigenvalue weighted by atomic mass is 9.84. The highest BCUT2D eigenvalue weighted by Crippen LogP contribution is 2.33. The van der Waals surface area contributed by atoms with Gasteiger partial charge in [-0.15, -0.1) is 0 Å². The molecule has 1 aliphatic carbocycles. The minimum atomic E-state index is -3.09. The lowest BCUT2D eigenvalue weighted by Gasteiger charge is -2.39. The van der Waals surface area contributed by atoms with Crippen molar-refractivity contribution in [3.05, 3.63) is 18.2 Å². The number of hydrogen-bond acceptors (Lipinski definition) is 6. The average molecular weight is 483 g/mol. The van der Waals surface area contributed by atoms with Gasteiger partial charge in [0.25, 0.3) is 5.91 Å². The summed E-state index contributed by atoms with van der Waals surface area (Å²) in [6, 6.07) is 3.79. The Morgan fingerprint density at radius 2 is 2.09 bits per heavy atom. The highest BCUT2D eigenvalue weighted by molar-refractivity contribution is 5.98. The zero-order valence-electron chi connectivity index (χ0n) is 20.2. The first-order valence-electron chi connectivity index (χ1n) is 11.8. The van der Waals surface area contributed by atoms with E-state index in [0.717, 1.165) is 19.4 Å². The molecular weight excluding hydrogens is 446 g/mol. The van der Waals surface area contributed by atoms with Crippen LogP contribution in [0.4, 0.5) is 20.2 Å². The summed E-state index contributed by atoms with van der Waals surface area (Å²) in [6.45, 7) is 5.34. The highest BCUT2D eigenvalue weighted by Gasteiger charge is 2.32. The fourth-order valence-corrected chi connectivity index (χ4v) is 4.32. The van der Waals surface area contributed by atoms with Crippen LogP contribution in [0.5, 0.6) is 5.75 Å². The maximum absolute atomic E-state index is 13.3. The monoisotopic (exact) mass is 482 g/mol. The van der Waals surface area contributed by atoms with E-state index in [4.69, 9.17) is 15.2 Å². The number of ether oxygens (including phenoxy) is 2. The Balaban J connectivity index is 1.81. The van der Waals surface area contributed by atoms with Crippen molar-refractivity contribution in [2.75, 3.05) is 49.6 Å². The molecule has 1 aromatic rings. The van der Waals surface area contributed by atoms with Crippen LogP contribution in [0.15, 0.2) is 18.2 Å². The van der Waals surface area contributed by atoms with Gasteiger partial charge in [-0.3, -0.25) is 14.5 Å². The van der Waals surface area contributed by atoms with Crippen molar-refractivity contribution < 1.29 is 27.8 Å². The van der Waals surface area contributed by atoms with Gasteiger partial charge in [0.15, 0.2) is 5.75 Å². The molecule has 2 fully saturated rings. The van der Waals surface area contributed by atoms with Gasteiger partial charge >= 0.3 is 6.61 Å². The summed E-state index contributed by atoms with van der Waals surface area (Å²) in [6.07, 6.45) is 3.46. The predicted octanol–water partition coefficient (Wildman–Crippen LogP) is 3.07. The van der Waals surface area contributed by atoms with E-state index in [9.17, 15) is 18.4 Å². The molecule has 0 bridgehead atoms. The van der Waals surface area contributed by atoms with E-state index in [1.165, 1.54) is 23.5 Å². The van der Waals surface area contributed by atoms with Crippen LogP contribution in [0.3, 0.4) is 0 Å². The van der Waals surface area contributed by atoms with E-state index >= 15 is 0 Å². The Bertz CT molecular complexity index is 858. The first-order chi connectivity index (χ1) is 16.1. The molecule has 0 radical (unpaired) electrons. The van der Waals surface area contributed by atoms with Crippen LogP contribution >= 0.6 is 0 Å². The molecule has 2 amide bonds. The molecule has 1 saturated heterocycles. The minimum absolute atomic E-state index is 0.0479. The van der Waals surface area contributed by atoms with Gasteiger partial charge in [0.1, 0.15) is 12.6 Å². The number of carbonyl (C=O) groups is 2. The van der Waals surface area contributed by atoms with Crippen molar-refractivity contribution in [2.45, 2.75) is 52.7 Å². The van der Waals surface area contributed by atoms with Crippen molar-refractivity contribution in [1.29, 1.82) is 0 Å². The predicted molar refractivity (Wildman–Crippen MR) is 126 cm³/mol. The number of halogens is 2. The largest absolute Gasteiger partial charge is 0.433 e. The number of benzene rings is 1. The van der Waals surface area contributed by atoms with E-state index in [0.29, 0.717) is 31.3 Å². The number of anilines is 2. The summed E-state index contributed by atoms with van der Waals surface area (Å²) in [5.41, 5.74) is 6.48. The zero-order valence-corrected chi connectivity index (χ0v) is 20.2. The van der Waals surface area contributed by atoms with E-state index in [-0.39, 0.29) is 41.8 Å². The van der Waals surface area contributed by atoms with Crippen LogP contribution in [-0.2, 0) is 14.3 Å². The van der Waals surface area contributed by atoms with Crippen molar-refractivity contribution in [3.63, 3.8) is 0 Å². The Labute approximate surface area is 199 Å². The van der Waals surface area contributed by atoms with E-state index in [1.54, 1.807) is 6.07 Å². The summed E-state index contributed by atoms with van der Waals surface area (Å²) in [5.74, 6) is -0.326. The van der Waals surface area contributed by atoms with Gasteiger partial charge in [-0.05, 0) is 36.3 Å². The van der Waals surface area contributed by atoms with Gasteiger partial charge in [0.2, 0.25) is 5.91 Å². The third-order valence-corrected chi connectivity index (χ3v) is 6.10. The molecule has 1 aliphatic heterocycles. The molecular formula is C24H36F2N4O4. The molecule has 8 nitrogen and oxygen atoms in total. The summed E-state index contributed by atoms with van der Waals surface area (Å²) in [5, 5.41) is 2.74. The Hall–Kier alpha value is -2.30. The number of hydrogen-bond donors (Lipinski definition) is 2. The number of amides is 2. The first-order valence-corrected chi connectivity index (χ1v) is 11.8. The average Bonchev–Trinajstić information content (AvgIpc) is 2.71. The van der Waals surface area contributed by atoms with Crippen LogP contribution in [-0.4, -0.2) is 68.8 Å². The van der Waals surface area contributed by atoms with Crippen LogP contribution < -0.4 is 20.7 Å². The fourth-order valence-electron chi connectivity index (χ4n) is 4.32. The van der Waals surface area contributed by atoms with Gasteiger partial charge in [0, 0.05) is 37.9 Å². The molecule has 2 aliphatic rings. The number of nitrogens with two attached hydrogens (primary N) is 1. The molecule has 10 heteroatoms. The maximum Gasteiger partial charge on any atom is 0.387 e. The summed E-state index contributed by atoms with van der Waals surface area (Å²) >= 11 is 0. The Kier molecular flexibility index (Phi) is 8.83. The molecule has 0 aromatic heterocycles. The zero-order chi connectivity index (χ0) is 24.9. The molecule has 0 unspecified atom stereocenters. The van der Waals surface area contributed by atoms with Gasteiger partial charge < -0.3 is 25.4 Å². The number of rotatable bonds is 10. The molecule has 1 saturated carbocycles. The molecule has 3 rings (SSSR count). The summed E-state index contributed by atoms with van der Waals surface area (Å²) < 4.78 is 36.1. The van der Waals surface area contributed by atoms with Crippen LogP contribution in [0.1, 0.15) is 40.0 Å². The second kappa shape index (κ2) is 11.4. The van der Waals surface area contributed by atoms with Gasteiger partial charge in [-0.2, -0.15) is 8.78 Å².